The smallest absolute Gasteiger partial charge is 0.328 e. The normalized spacial score (nSPS) is 34.3. The van der Waals surface area contributed by atoms with Gasteiger partial charge in [-0.05, 0) is 150 Å². The average molecular weight is 897 g/mol. The van der Waals surface area contributed by atoms with E-state index in [1.165, 1.54) is 19.8 Å². The summed E-state index contributed by atoms with van der Waals surface area (Å²) < 4.78 is 15.6. The van der Waals surface area contributed by atoms with Gasteiger partial charge in [0, 0.05) is 24.8 Å². The van der Waals surface area contributed by atoms with Crippen LogP contribution in [0.1, 0.15) is 184 Å². The molecule has 5 aliphatic carbocycles. The fourth-order valence-corrected chi connectivity index (χ4v) is 14.9. The van der Waals surface area contributed by atoms with Gasteiger partial charge in [-0.25, -0.2) is 4.79 Å². The number of carboxylic acid groups (broad SMARTS) is 1. The van der Waals surface area contributed by atoms with Crippen molar-refractivity contribution in [1.29, 1.82) is 0 Å². The fraction of sp³-hybridized carbons (Fsp3) is 0.846. The maximum atomic E-state index is 14.6. The van der Waals surface area contributed by atoms with Gasteiger partial charge >= 0.3 is 23.9 Å². The standard InChI is InChI=1S/C52H84N2O10/c1-33(2)34-23-28-52(45(59)53-31-17-15-13-12-14-16-18-40(55)54-36(44(58)63-11)20-22-41(56)62-10)30-29-50(8)35(43(34)52)19-21-38-49(7)26-25-39(64-42(57)32-47(3,4)46(60)61)48(5,6)37(49)24-27-51(38,50)9/h34-39,43H,1,12-32H2,2-11H3,(H,53,59)(H,54,55)(H,60,61)/t34-,35+,36-,37-,38+,39-,43+,49-,50+,51+,52-/m0/s1. The Kier molecular flexibility index (Phi) is 16.3. The number of nitrogens with one attached hydrogen (secondary N) is 2. The molecule has 0 heterocycles. The van der Waals surface area contributed by atoms with Gasteiger partial charge in [0.15, 0.2) is 0 Å². The van der Waals surface area contributed by atoms with E-state index in [4.69, 9.17) is 9.47 Å². The van der Waals surface area contributed by atoms with Crippen LogP contribution in [0.2, 0.25) is 0 Å². The van der Waals surface area contributed by atoms with Crippen LogP contribution in [0, 0.1) is 62.1 Å². The highest BCUT2D eigenvalue weighted by atomic mass is 16.5. The fourth-order valence-electron chi connectivity index (χ4n) is 14.9. The Balaban J connectivity index is 1.15. The lowest BCUT2D eigenvalue weighted by Gasteiger charge is -2.72. The Hall–Kier alpha value is -3.44. The highest BCUT2D eigenvalue weighted by molar-refractivity contribution is 5.85. The third-order valence-electron chi connectivity index (χ3n) is 18.7. The molecule has 3 N–H and O–H groups in total. The molecule has 64 heavy (non-hydrogen) atoms. The molecule has 5 aliphatic rings. The molecule has 0 unspecified atom stereocenters. The van der Waals surface area contributed by atoms with Crippen LogP contribution in [0.25, 0.3) is 0 Å². The van der Waals surface area contributed by atoms with E-state index in [1.54, 1.807) is 13.8 Å². The number of carbonyl (C=O) groups is 6. The zero-order valence-electron chi connectivity index (χ0n) is 41.2. The summed E-state index contributed by atoms with van der Waals surface area (Å²) in [7, 11) is 2.54. The van der Waals surface area contributed by atoms with Gasteiger partial charge in [-0.3, -0.25) is 24.0 Å². The van der Waals surface area contributed by atoms with E-state index in [0.717, 1.165) is 96.3 Å². The van der Waals surface area contributed by atoms with Crippen molar-refractivity contribution >= 4 is 35.7 Å². The van der Waals surface area contributed by atoms with E-state index >= 15 is 0 Å². The molecular formula is C52H84N2O10. The van der Waals surface area contributed by atoms with Crippen LogP contribution in [-0.4, -0.2) is 73.7 Å². The van der Waals surface area contributed by atoms with Gasteiger partial charge in [-0.2, -0.15) is 0 Å². The van der Waals surface area contributed by atoms with Crippen LogP contribution >= 0.6 is 0 Å². The Morgan fingerprint density at radius 1 is 0.750 bits per heavy atom. The molecule has 5 rings (SSSR count). The minimum absolute atomic E-state index is 0.0125. The minimum atomic E-state index is -1.17. The van der Waals surface area contributed by atoms with Crippen molar-refractivity contribution in [3.05, 3.63) is 12.2 Å². The quantitative estimate of drug-likeness (QED) is 0.0462. The summed E-state index contributed by atoms with van der Waals surface area (Å²) in [6.45, 7) is 22.8. The zero-order chi connectivity index (χ0) is 47.5. The van der Waals surface area contributed by atoms with E-state index in [0.29, 0.717) is 43.1 Å². The van der Waals surface area contributed by atoms with Crippen LogP contribution in [0.3, 0.4) is 0 Å². The minimum Gasteiger partial charge on any atom is -0.481 e. The number of allylic oxidation sites excluding steroid dienone is 1. The van der Waals surface area contributed by atoms with Crippen LogP contribution in [-0.2, 0) is 43.0 Å². The van der Waals surface area contributed by atoms with E-state index in [-0.39, 0.29) is 70.2 Å². The molecule has 11 atom stereocenters. The number of esters is 3. The molecule has 0 radical (unpaired) electrons. The molecule has 5 fully saturated rings. The van der Waals surface area contributed by atoms with Crippen molar-refractivity contribution in [3.63, 3.8) is 0 Å². The number of aliphatic carboxylic acids is 1. The Labute approximate surface area is 384 Å². The number of rotatable bonds is 20. The number of amides is 2. The van der Waals surface area contributed by atoms with Gasteiger partial charge in [0.25, 0.3) is 0 Å². The second kappa shape index (κ2) is 20.2. The maximum Gasteiger partial charge on any atom is 0.328 e. The third kappa shape index (κ3) is 9.96. The first kappa shape index (κ1) is 51.5. The van der Waals surface area contributed by atoms with Crippen LogP contribution < -0.4 is 10.6 Å². The molecule has 0 saturated heterocycles. The molecule has 0 aliphatic heterocycles. The number of unbranched alkanes of at least 4 members (excludes halogenated alkanes) is 5. The van der Waals surface area contributed by atoms with E-state index < -0.39 is 35.3 Å². The van der Waals surface area contributed by atoms with E-state index in [1.807, 2.05) is 0 Å². The summed E-state index contributed by atoms with van der Waals surface area (Å²) in [6, 6.07) is -0.877. The van der Waals surface area contributed by atoms with Crippen molar-refractivity contribution in [2.45, 2.75) is 196 Å². The van der Waals surface area contributed by atoms with Gasteiger partial charge in [-0.15, -0.1) is 0 Å². The average Bonchev–Trinajstić information content (AvgIpc) is 3.63. The lowest BCUT2D eigenvalue weighted by Crippen LogP contribution is -2.67. The lowest BCUT2D eigenvalue weighted by molar-refractivity contribution is -0.249. The maximum absolute atomic E-state index is 14.6. The summed E-state index contributed by atoms with van der Waals surface area (Å²) >= 11 is 0. The van der Waals surface area contributed by atoms with Gasteiger partial charge in [0.1, 0.15) is 12.1 Å². The Morgan fingerprint density at radius 2 is 1.42 bits per heavy atom. The van der Waals surface area contributed by atoms with Gasteiger partial charge in [-0.1, -0.05) is 72.5 Å². The SMILES string of the molecule is C=C(C)[C@@H]1CC[C@]2(C(=O)NCCCCCCCCC(=O)N[C@@H](CCC(=O)OC)C(=O)OC)CC[C@]3(C)[C@H](CC[C@@H]4[C@@]5(C)CC[C@H](OC(=O)CC(C)(C)C(=O)O)C(C)(C)[C@@H]5CC[C@]43C)[C@@H]12. The molecule has 0 aromatic rings. The molecule has 0 aromatic carbocycles. The summed E-state index contributed by atoms with van der Waals surface area (Å²) in [5, 5.41) is 15.8. The Bertz CT molecular complexity index is 1760. The van der Waals surface area contributed by atoms with E-state index in [2.05, 4.69) is 63.5 Å². The first-order valence-corrected chi connectivity index (χ1v) is 24.8. The molecule has 12 nitrogen and oxygen atoms in total. The topological polar surface area (TPSA) is 174 Å². The van der Waals surface area contributed by atoms with Crippen LogP contribution in [0.5, 0.6) is 0 Å². The summed E-state index contributed by atoms with van der Waals surface area (Å²) in [6.07, 6.45) is 15.7. The molecule has 362 valence electrons. The molecular weight excluding hydrogens is 813 g/mol. The number of ether oxygens (including phenoxy) is 3. The van der Waals surface area contributed by atoms with Crippen LogP contribution in [0.15, 0.2) is 12.2 Å². The van der Waals surface area contributed by atoms with Crippen molar-refractivity contribution in [2.75, 3.05) is 20.8 Å². The van der Waals surface area contributed by atoms with Crippen molar-refractivity contribution in [1.82, 2.24) is 10.6 Å². The predicted molar refractivity (Wildman–Crippen MR) is 245 cm³/mol. The monoisotopic (exact) mass is 897 g/mol. The first-order valence-electron chi connectivity index (χ1n) is 24.8. The Morgan fingerprint density at radius 3 is 2.06 bits per heavy atom. The number of carbonyl (C=O) groups excluding carboxylic acids is 5. The molecule has 5 saturated carbocycles. The van der Waals surface area contributed by atoms with Crippen LogP contribution in [0.4, 0.5) is 0 Å². The largest absolute Gasteiger partial charge is 0.481 e. The highest BCUT2D eigenvalue weighted by Gasteiger charge is 2.72. The van der Waals surface area contributed by atoms with Crippen molar-refractivity contribution in [3.8, 4) is 0 Å². The van der Waals surface area contributed by atoms with Gasteiger partial charge in [0.05, 0.1) is 31.5 Å². The van der Waals surface area contributed by atoms with Crippen molar-refractivity contribution < 1.29 is 48.1 Å². The number of hydrogen-bond donors (Lipinski definition) is 3. The zero-order valence-corrected chi connectivity index (χ0v) is 41.2. The lowest BCUT2D eigenvalue weighted by atomic mass is 9.32. The first-order chi connectivity index (χ1) is 29.9. The third-order valence-corrected chi connectivity index (χ3v) is 18.7. The second-order valence-electron chi connectivity index (χ2n) is 22.9. The molecule has 0 bridgehead atoms. The number of methoxy groups -OCH3 is 2. The van der Waals surface area contributed by atoms with Gasteiger partial charge in [0.2, 0.25) is 11.8 Å². The van der Waals surface area contributed by atoms with E-state index in [9.17, 15) is 33.9 Å². The molecule has 2 amide bonds. The summed E-state index contributed by atoms with van der Waals surface area (Å²) in [4.78, 5) is 75.7. The van der Waals surface area contributed by atoms with Gasteiger partial charge < -0.3 is 30.0 Å². The second-order valence-corrected chi connectivity index (χ2v) is 22.9. The predicted octanol–water partition coefficient (Wildman–Crippen LogP) is 9.51. The summed E-state index contributed by atoms with van der Waals surface area (Å²) in [5.41, 5.74) is -0.288. The van der Waals surface area contributed by atoms with Crippen molar-refractivity contribution in [2.24, 2.45) is 62.1 Å². The molecule has 12 heteroatoms. The number of fused-ring (bicyclic) bond motifs is 7. The molecule has 0 spiro atoms. The summed E-state index contributed by atoms with van der Waals surface area (Å²) in [5.74, 6) is -0.473. The number of hydrogen-bond acceptors (Lipinski definition) is 9. The molecule has 0 aromatic heterocycles. The number of carboxylic acids is 1. The highest BCUT2D eigenvalue weighted by Crippen LogP contribution is 2.77.